The number of likely N-dealkylation sites (tertiary alicyclic amines) is 2. The van der Waals surface area contributed by atoms with Crippen LogP contribution in [0.4, 0.5) is 0 Å². The first kappa shape index (κ1) is 12.8. The topological polar surface area (TPSA) is 49.6 Å². The van der Waals surface area contributed by atoms with Crippen molar-refractivity contribution in [1.82, 2.24) is 9.80 Å². The number of nitrogens with two attached hydrogens (primary N) is 1. The molecule has 0 saturated carbocycles. The van der Waals surface area contributed by atoms with Crippen LogP contribution in [-0.4, -0.2) is 55.0 Å². The summed E-state index contributed by atoms with van der Waals surface area (Å²) in [5.41, 5.74) is 6.06. The van der Waals surface area contributed by atoms with Gasteiger partial charge in [-0.2, -0.15) is 0 Å². The molecule has 0 bridgehead atoms. The Morgan fingerprint density at radius 2 is 1.82 bits per heavy atom. The summed E-state index contributed by atoms with van der Waals surface area (Å²) in [6.07, 6.45) is 5.55. The Kier molecular flexibility index (Phi) is 4.40. The summed E-state index contributed by atoms with van der Waals surface area (Å²) < 4.78 is 0. The highest BCUT2D eigenvalue weighted by molar-refractivity contribution is 5.81. The van der Waals surface area contributed by atoms with Crippen molar-refractivity contribution in [2.24, 2.45) is 11.7 Å². The lowest BCUT2D eigenvalue weighted by Gasteiger charge is -2.31. The zero-order valence-electron chi connectivity index (χ0n) is 10.9. The van der Waals surface area contributed by atoms with Crippen LogP contribution in [0.2, 0.25) is 0 Å². The summed E-state index contributed by atoms with van der Waals surface area (Å²) in [6, 6.07) is -0.262. The Labute approximate surface area is 104 Å². The van der Waals surface area contributed by atoms with Crippen molar-refractivity contribution in [2.75, 3.05) is 33.2 Å². The van der Waals surface area contributed by atoms with Crippen molar-refractivity contribution in [2.45, 2.75) is 38.1 Å². The standard InChI is InChI=1S/C13H25N3O/c1-15-8-4-11(5-9-15)10-12(14)13(17)16-6-2-3-7-16/h11-12H,2-10,14H2,1H3. The summed E-state index contributed by atoms with van der Waals surface area (Å²) >= 11 is 0. The van der Waals surface area contributed by atoms with E-state index in [4.69, 9.17) is 5.73 Å². The molecule has 4 nitrogen and oxygen atoms in total. The van der Waals surface area contributed by atoms with Gasteiger partial charge in [0.1, 0.15) is 0 Å². The largest absolute Gasteiger partial charge is 0.341 e. The molecule has 0 spiro atoms. The molecular formula is C13H25N3O. The molecular weight excluding hydrogens is 214 g/mol. The second kappa shape index (κ2) is 5.83. The number of hydrogen-bond donors (Lipinski definition) is 1. The Bertz CT molecular complexity index is 255. The lowest BCUT2D eigenvalue weighted by Crippen LogP contribution is -2.44. The molecule has 1 atom stereocenters. The predicted molar refractivity (Wildman–Crippen MR) is 68.6 cm³/mol. The first-order chi connectivity index (χ1) is 8.16. The Morgan fingerprint density at radius 3 is 2.41 bits per heavy atom. The summed E-state index contributed by atoms with van der Waals surface area (Å²) in [5.74, 6) is 0.828. The molecule has 1 amide bonds. The highest BCUT2D eigenvalue weighted by Gasteiger charge is 2.27. The van der Waals surface area contributed by atoms with Crippen LogP contribution < -0.4 is 5.73 Å². The number of hydrogen-bond acceptors (Lipinski definition) is 3. The fraction of sp³-hybridized carbons (Fsp3) is 0.923. The number of nitrogens with zero attached hydrogens (tertiary/aromatic N) is 2. The number of piperidine rings is 1. The maximum absolute atomic E-state index is 12.1. The van der Waals surface area contributed by atoms with Gasteiger partial charge in [-0.1, -0.05) is 0 Å². The van der Waals surface area contributed by atoms with Gasteiger partial charge >= 0.3 is 0 Å². The molecule has 2 aliphatic heterocycles. The van der Waals surface area contributed by atoms with Gasteiger partial charge in [0.05, 0.1) is 6.04 Å². The second-order valence-corrected chi connectivity index (χ2v) is 5.62. The van der Waals surface area contributed by atoms with Crippen molar-refractivity contribution in [3.05, 3.63) is 0 Å². The molecule has 1 unspecified atom stereocenters. The van der Waals surface area contributed by atoms with Crippen molar-refractivity contribution in [3.63, 3.8) is 0 Å². The molecule has 2 aliphatic rings. The third kappa shape index (κ3) is 3.42. The van der Waals surface area contributed by atoms with Crippen molar-refractivity contribution in [1.29, 1.82) is 0 Å². The number of carbonyl (C=O) groups excluding carboxylic acids is 1. The lowest BCUT2D eigenvalue weighted by molar-refractivity contribution is -0.132. The van der Waals surface area contributed by atoms with Crippen molar-refractivity contribution in [3.8, 4) is 0 Å². The normalized spacial score (nSPS) is 25.2. The molecule has 2 fully saturated rings. The molecule has 2 N–H and O–H groups in total. The lowest BCUT2D eigenvalue weighted by atomic mass is 9.90. The average Bonchev–Trinajstić information content (AvgIpc) is 2.84. The van der Waals surface area contributed by atoms with E-state index < -0.39 is 0 Å². The van der Waals surface area contributed by atoms with E-state index in [-0.39, 0.29) is 11.9 Å². The Balaban J connectivity index is 1.76. The van der Waals surface area contributed by atoms with Crippen LogP contribution in [0.1, 0.15) is 32.1 Å². The highest BCUT2D eigenvalue weighted by Crippen LogP contribution is 2.21. The van der Waals surface area contributed by atoms with Gasteiger partial charge in [0.15, 0.2) is 0 Å². The molecule has 0 aromatic rings. The first-order valence-electron chi connectivity index (χ1n) is 6.89. The van der Waals surface area contributed by atoms with E-state index in [0.717, 1.165) is 45.4 Å². The second-order valence-electron chi connectivity index (χ2n) is 5.62. The summed E-state index contributed by atoms with van der Waals surface area (Å²) in [5, 5.41) is 0. The van der Waals surface area contributed by atoms with Crippen molar-refractivity contribution < 1.29 is 4.79 Å². The fourth-order valence-electron chi connectivity index (χ4n) is 2.93. The van der Waals surface area contributed by atoms with Crippen LogP contribution in [0.25, 0.3) is 0 Å². The van der Waals surface area contributed by atoms with E-state index in [1.165, 1.54) is 12.8 Å². The third-order valence-corrected chi connectivity index (χ3v) is 4.16. The Hall–Kier alpha value is -0.610. The molecule has 0 aromatic heterocycles. The van der Waals surface area contributed by atoms with E-state index in [2.05, 4.69) is 11.9 Å². The zero-order valence-corrected chi connectivity index (χ0v) is 10.9. The van der Waals surface area contributed by atoms with Gasteiger partial charge in [0.2, 0.25) is 5.91 Å². The molecule has 2 saturated heterocycles. The van der Waals surface area contributed by atoms with Gasteiger partial charge in [-0.3, -0.25) is 4.79 Å². The monoisotopic (exact) mass is 239 g/mol. The molecule has 98 valence electrons. The maximum atomic E-state index is 12.1. The van der Waals surface area contributed by atoms with E-state index in [1.807, 2.05) is 4.90 Å². The van der Waals surface area contributed by atoms with Gasteiger partial charge < -0.3 is 15.5 Å². The summed E-state index contributed by atoms with van der Waals surface area (Å²) in [7, 11) is 2.16. The zero-order chi connectivity index (χ0) is 12.3. The minimum Gasteiger partial charge on any atom is -0.341 e. The number of amides is 1. The minimum absolute atomic E-state index is 0.182. The molecule has 0 radical (unpaired) electrons. The van der Waals surface area contributed by atoms with Gasteiger partial charge in [0, 0.05) is 13.1 Å². The van der Waals surface area contributed by atoms with Gasteiger partial charge in [-0.05, 0) is 58.2 Å². The predicted octanol–water partition coefficient (Wildman–Crippen LogP) is 0.668. The van der Waals surface area contributed by atoms with Crippen LogP contribution in [0.15, 0.2) is 0 Å². The van der Waals surface area contributed by atoms with E-state index in [0.29, 0.717) is 5.92 Å². The average molecular weight is 239 g/mol. The SMILES string of the molecule is CN1CCC(CC(N)C(=O)N2CCCC2)CC1. The third-order valence-electron chi connectivity index (χ3n) is 4.16. The van der Waals surface area contributed by atoms with Gasteiger partial charge in [0.25, 0.3) is 0 Å². The quantitative estimate of drug-likeness (QED) is 0.787. The van der Waals surface area contributed by atoms with Crippen LogP contribution in [0.5, 0.6) is 0 Å². The van der Waals surface area contributed by atoms with E-state index >= 15 is 0 Å². The molecule has 17 heavy (non-hydrogen) atoms. The molecule has 0 aromatic carbocycles. The highest BCUT2D eigenvalue weighted by atomic mass is 16.2. The van der Waals surface area contributed by atoms with Gasteiger partial charge in [-0.25, -0.2) is 0 Å². The summed E-state index contributed by atoms with van der Waals surface area (Å²) in [6.45, 7) is 4.13. The van der Waals surface area contributed by atoms with Crippen LogP contribution in [0.3, 0.4) is 0 Å². The molecule has 4 heteroatoms. The Morgan fingerprint density at radius 1 is 1.24 bits per heavy atom. The summed E-state index contributed by atoms with van der Waals surface area (Å²) in [4.78, 5) is 16.4. The first-order valence-corrected chi connectivity index (χ1v) is 6.89. The fourth-order valence-corrected chi connectivity index (χ4v) is 2.93. The maximum Gasteiger partial charge on any atom is 0.239 e. The number of carbonyl (C=O) groups is 1. The van der Waals surface area contributed by atoms with Crippen LogP contribution >= 0.6 is 0 Å². The van der Waals surface area contributed by atoms with Crippen molar-refractivity contribution >= 4 is 5.91 Å². The molecule has 2 heterocycles. The number of rotatable bonds is 3. The van der Waals surface area contributed by atoms with Crippen LogP contribution in [-0.2, 0) is 4.79 Å². The van der Waals surface area contributed by atoms with Crippen LogP contribution in [0, 0.1) is 5.92 Å². The van der Waals surface area contributed by atoms with Gasteiger partial charge in [-0.15, -0.1) is 0 Å². The molecule has 2 rings (SSSR count). The minimum atomic E-state index is -0.262. The smallest absolute Gasteiger partial charge is 0.239 e. The van der Waals surface area contributed by atoms with E-state index in [9.17, 15) is 4.79 Å². The van der Waals surface area contributed by atoms with E-state index in [1.54, 1.807) is 0 Å². The molecule has 0 aliphatic carbocycles.